The number of rotatable bonds is 3. The van der Waals surface area contributed by atoms with Gasteiger partial charge in [-0.05, 0) is 38.8 Å². The molecule has 2 aromatic heterocycles. The van der Waals surface area contributed by atoms with Gasteiger partial charge in [0.1, 0.15) is 29.3 Å². The largest absolute Gasteiger partial charge is 0.484 e. The molecular formula is C18H21N3O4. The van der Waals surface area contributed by atoms with Gasteiger partial charge < -0.3 is 18.9 Å². The number of ether oxygens (including phenoxy) is 2. The molecule has 0 saturated carbocycles. The lowest BCUT2D eigenvalue weighted by molar-refractivity contribution is -0.0447. The van der Waals surface area contributed by atoms with Gasteiger partial charge in [0, 0.05) is 12.8 Å². The van der Waals surface area contributed by atoms with Crippen molar-refractivity contribution in [3.63, 3.8) is 0 Å². The summed E-state index contributed by atoms with van der Waals surface area (Å²) in [5.74, 6) is 1.17. The van der Waals surface area contributed by atoms with E-state index < -0.39 is 0 Å². The van der Waals surface area contributed by atoms with E-state index >= 15 is 0 Å². The van der Waals surface area contributed by atoms with Gasteiger partial charge >= 0.3 is 0 Å². The third-order valence-corrected chi connectivity index (χ3v) is 4.91. The van der Waals surface area contributed by atoms with Crippen molar-refractivity contribution in [1.29, 1.82) is 0 Å². The van der Waals surface area contributed by atoms with Gasteiger partial charge in [0.15, 0.2) is 0 Å². The molecule has 7 heteroatoms. The first kappa shape index (κ1) is 16.1. The molecule has 4 heterocycles. The highest BCUT2D eigenvalue weighted by Crippen LogP contribution is 2.33. The second-order valence-electron chi connectivity index (χ2n) is 6.55. The second-order valence-corrected chi connectivity index (χ2v) is 6.55. The molecule has 2 saturated heterocycles. The molecule has 0 bridgehead atoms. The standard InChI is InChI=1S/C18H21N3O4/c1-11-16(12(2)25-20-11)18(22)21-10-15(17-14(21)6-4-8-23-17)24-13-5-3-7-19-9-13/h3,5,7,9,14-15,17H,4,6,8,10H2,1-2H3/t14-,15+,17+/m0/s1. The minimum absolute atomic E-state index is 0.0108. The maximum atomic E-state index is 13.1. The Kier molecular flexibility index (Phi) is 4.17. The Labute approximate surface area is 145 Å². The number of hydrogen-bond donors (Lipinski definition) is 0. The predicted molar refractivity (Wildman–Crippen MR) is 88.4 cm³/mol. The number of carbonyl (C=O) groups is 1. The first-order chi connectivity index (χ1) is 12.1. The molecule has 0 spiro atoms. The molecule has 2 aliphatic heterocycles. The SMILES string of the molecule is Cc1noc(C)c1C(=O)N1C[C@@H](Oc2cccnc2)[C@@H]2OCCC[C@@H]21. The molecule has 0 radical (unpaired) electrons. The summed E-state index contributed by atoms with van der Waals surface area (Å²) < 4.78 is 17.2. The maximum absolute atomic E-state index is 13.1. The molecule has 2 aliphatic rings. The quantitative estimate of drug-likeness (QED) is 0.850. The van der Waals surface area contributed by atoms with Crippen LogP contribution in [0.15, 0.2) is 29.0 Å². The first-order valence-electron chi connectivity index (χ1n) is 8.57. The first-order valence-corrected chi connectivity index (χ1v) is 8.57. The molecule has 0 unspecified atom stereocenters. The molecule has 1 amide bonds. The van der Waals surface area contributed by atoms with E-state index in [1.165, 1.54) is 0 Å². The monoisotopic (exact) mass is 343 g/mol. The number of pyridine rings is 1. The van der Waals surface area contributed by atoms with Crippen LogP contribution in [0.1, 0.15) is 34.7 Å². The zero-order valence-electron chi connectivity index (χ0n) is 14.3. The number of likely N-dealkylation sites (tertiary alicyclic amines) is 1. The molecule has 0 aliphatic carbocycles. The fourth-order valence-electron chi connectivity index (χ4n) is 3.77. The van der Waals surface area contributed by atoms with Gasteiger partial charge in [-0.2, -0.15) is 0 Å². The van der Waals surface area contributed by atoms with Crippen molar-refractivity contribution >= 4 is 5.91 Å². The van der Waals surface area contributed by atoms with Crippen LogP contribution in [-0.2, 0) is 4.74 Å². The topological polar surface area (TPSA) is 77.7 Å². The minimum atomic E-state index is -0.209. The Morgan fingerprint density at radius 1 is 1.40 bits per heavy atom. The summed E-state index contributed by atoms with van der Waals surface area (Å²) in [7, 11) is 0. The lowest BCUT2D eigenvalue weighted by atomic mass is 10.0. The molecule has 132 valence electrons. The van der Waals surface area contributed by atoms with E-state index in [0.29, 0.717) is 35.9 Å². The Morgan fingerprint density at radius 2 is 2.28 bits per heavy atom. The van der Waals surface area contributed by atoms with Crippen molar-refractivity contribution in [1.82, 2.24) is 15.0 Å². The Hall–Kier alpha value is -2.41. The molecule has 2 aromatic rings. The van der Waals surface area contributed by atoms with Crippen molar-refractivity contribution in [3.8, 4) is 5.75 Å². The van der Waals surface area contributed by atoms with E-state index in [1.807, 2.05) is 17.0 Å². The van der Waals surface area contributed by atoms with Crippen LogP contribution < -0.4 is 4.74 Å². The average Bonchev–Trinajstić information content (AvgIpc) is 3.16. The van der Waals surface area contributed by atoms with Gasteiger partial charge in [0.2, 0.25) is 0 Å². The maximum Gasteiger partial charge on any atom is 0.259 e. The summed E-state index contributed by atoms with van der Waals surface area (Å²) in [6, 6.07) is 3.71. The van der Waals surface area contributed by atoms with Gasteiger partial charge in [0.25, 0.3) is 5.91 Å². The van der Waals surface area contributed by atoms with Crippen LogP contribution in [0.5, 0.6) is 5.75 Å². The molecule has 0 aromatic carbocycles. The highest BCUT2D eigenvalue weighted by Gasteiger charge is 2.48. The van der Waals surface area contributed by atoms with Crippen molar-refractivity contribution in [3.05, 3.63) is 41.5 Å². The number of carbonyl (C=O) groups excluding carboxylic acids is 1. The lowest BCUT2D eigenvalue weighted by Crippen LogP contribution is -2.44. The fourth-order valence-corrected chi connectivity index (χ4v) is 3.77. The van der Waals surface area contributed by atoms with Gasteiger partial charge in [0.05, 0.1) is 24.5 Å². The van der Waals surface area contributed by atoms with E-state index in [4.69, 9.17) is 14.0 Å². The summed E-state index contributed by atoms with van der Waals surface area (Å²) >= 11 is 0. The van der Waals surface area contributed by atoms with Crippen molar-refractivity contribution in [2.75, 3.05) is 13.2 Å². The second kappa shape index (κ2) is 6.48. The Morgan fingerprint density at radius 3 is 3.00 bits per heavy atom. The molecule has 3 atom stereocenters. The van der Waals surface area contributed by atoms with E-state index in [9.17, 15) is 4.79 Å². The number of amides is 1. The van der Waals surface area contributed by atoms with Crippen LogP contribution in [-0.4, -0.2) is 52.3 Å². The molecule has 4 rings (SSSR count). The van der Waals surface area contributed by atoms with Crippen LogP contribution in [0.4, 0.5) is 0 Å². The van der Waals surface area contributed by atoms with Gasteiger partial charge in [-0.25, -0.2) is 0 Å². The number of nitrogens with zero attached hydrogens (tertiary/aromatic N) is 3. The van der Waals surface area contributed by atoms with Crippen LogP contribution >= 0.6 is 0 Å². The van der Waals surface area contributed by atoms with E-state index in [0.717, 1.165) is 12.8 Å². The highest BCUT2D eigenvalue weighted by molar-refractivity contribution is 5.96. The third kappa shape index (κ3) is 2.89. The molecular weight excluding hydrogens is 322 g/mol. The third-order valence-electron chi connectivity index (χ3n) is 4.91. The van der Waals surface area contributed by atoms with Crippen molar-refractivity contribution in [2.45, 2.75) is 44.9 Å². The highest BCUT2D eigenvalue weighted by atomic mass is 16.5. The van der Waals surface area contributed by atoms with Crippen LogP contribution in [0, 0.1) is 13.8 Å². The normalized spacial score (nSPS) is 25.7. The van der Waals surface area contributed by atoms with Crippen LogP contribution in [0.25, 0.3) is 0 Å². The summed E-state index contributed by atoms with van der Waals surface area (Å²) in [5, 5.41) is 3.91. The van der Waals surface area contributed by atoms with Crippen molar-refractivity contribution in [2.24, 2.45) is 0 Å². The fraction of sp³-hybridized carbons (Fsp3) is 0.500. The van der Waals surface area contributed by atoms with Gasteiger partial charge in [-0.15, -0.1) is 0 Å². The van der Waals surface area contributed by atoms with E-state index in [2.05, 4.69) is 10.1 Å². The number of aromatic nitrogens is 2. The van der Waals surface area contributed by atoms with Gasteiger partial charge in [-0.3, -0.25) is 9.78 Å². The minimum Gasteiger partial charge on any atom is -0.484 e. The smallest absolute Gasteiger partial charge is 0.259 e. The van der Waals surface area contributed by atoms with E-state index in [-0.39, 0.29) is 24.2 Å². The molecule has 7 nitrogen and oxygen atoms in total. The zero-order chi connectivity index (χ0) is 17.4. The lowest BCUT2D eigenvalue weighted by Gasteiger charge is -2.32. The summed E-state index contributed by atoms with van der Waals surface area (Å²) in [5.41, 5.74) is 1.17. The van der Waals surface area contributed by atoms with Crippen LogP contribution in [0.3, 0.4) is 0 Å². The van der Waals surface area contributed by atoms with Crippen molar-refractivity contribution < 1.29 is 18.8 Å². The summed E-state index contributed by atoms with van der Waals surface area (Å²) in [6.45, 7) is 4.73. The number of fused-ring (bicyclic) bond motifs is 1. The Balaban J connectivity index is 1.59. The van der Waals surface area contributed by atoms with E-state index in [1.54, 1.807) is 26.2 Å². The van der Waals surface area contributed by atoms with Gasteiger partial charge in [-0.1, -0.05) is 5.16 Å². The van der Waals surface area contributed by atoms with Crippen LogP contribution in [0.2, 0.25) is 0 Å². The number of hydrogen-bond acceptors (Lipinski definition) is 6. The molecule has 25 heavy (non-hydrogen) atoms. The molecule has 2 fully saturated rings. The Bertz CT molecular complexity index is 741. The molecule has 0 N–H and O–H groups in total. The summed E-state index contributed by atoms with van der Waals surface area (Å²) in [4.78, 5) is 19.0. The zero-order valence-corrected chi connectivity index (χ0v) is 14.3. The predicted octanol–water partition coefficient (Wildman–Crippen LogP) is 2.14. The average molecular weight is 343 g/mol. The summed E-state index contributed by atoms with van der Waals surface area (Å²) in [6.07, 6.45) is 4.89. The number of aryl methyl sites for hydroxylation is 2.